The number of rotatable bonds is 7. The number of hydrogen-bond acceptors (Lipinski definition) is 0. The zero-order valence-electron chi connectivity index (χ0n) is 17.9. The number of halogens is 2. The zero-order valence-corrected chi connectivity index (χ0v) is 17.9. The highest BCUT2D eigenvalue weighted by molar-refractivity contribution is 5.84. The van der Waals surface area contributed by atoms with Crippen LogP contribution < -0.4 is 0 Å². The molecule has 2 aliphatic carbocycles. The first kappa shape index (κ1) is 20.8. The van der Waals surface area contributed by atoms with E-state index in [1.54, 1.807) is 12.1 Å². The van der Waals surface area contributed by atoms with Crippen LogP contribution in [0.25, 0.3) is 10.8 Å². The predicted molar refractivity (Wildman–Crippen MR) is 118 cm³/mol. The second kappa shape index (κ2) is 9.58. The molecular weight excluding hydrogens is 362 g/mol. The molecule has 2 heteroatoms. The lowest BCUT2D eigenvalue weighted by Crippen LogP contribution is -2.30. The largest absolute Gasteiger partial charge is 0.204 e. The summed E-state index contributed by atoms with van der Waals surface area (Å²) < 4.78 is 27.5. The standard InChI is InChI=1S/C27H36F2/c1-2-3-4-5-6-7-19-8-9-21-17-22(11-10-20(21)16-19)23-12-14-25-24(18-23)13-15-26(28)27(25)29/h12-15,18-22H,2-11,16-17H2,1H3/t19-,20?,21-,22?/m1/s1. The van der Waals surface area contributed by atoms with E-state index in [1.807, 2.05) is 6.07 Å². The average molecular weight is 399 g/mol. The van der Waals surface area contributed by atoms with E-state index in [2.05, 4.69) is 13.0 Å². The Bertz CT molecular complexity index is 812. The van der Waals surface area contributed by atoms with Crippen LogP contribution in [0.2, 0.25) is 0 Å². The van der Waals surface area contributed by atoms with Crippen molar-refractivity contribution >= 4 is 10.8 Å². The van der Waals surface area contributed by atoms with E-state index in [0.29, 0.717) is 11.3 Å². The Kier molecular flexibility index (Phi) is 6.88. The molecule has 0 aliphatic heterocycles. The predicted octanol–water partition coefficient (Wildman–Crippen LogP) is 8.78. The fourth-order valence-corrected chi connectivity index (χ4v) is 6.13. The van der Waals surface area contributed by atoms with Gasteiger partial charge < -0.3 is 0 Å². The van der Waals surface area contributed by atoms with Gasteiger partial charge in [-0.3, -0.25) is 0 Å². The van der Waals surface area contributed by atoms with E-state index in [0.717, 1.165) is 23.1 Å². The van der Waals surface area contributed by atoms with Gasteiger partial charge in [0.2, 0.25) is 0 Å². The van der Waals surface area contributed by atoms with Crippen molar-refractivity contribution in [1.82, 2.24) is 0 Å². The third kappa shape index (κ3) is 4.84. The van der Waals surface area contributed by atoms with Crippen molar-refractivity contribution in [2.24, 2.45) is 17.8 Å². The molecule has 2 aliphatic rings. The summed E-state index contributed by atoms with van der Waals surface area (Å²) in [6.07, 6.45) is 16.6. The minimum absolute atomic E-state index is 0.405. The first-order valence-electron chi connectivity index (χ1n) is 12.0. The molecule has 0 radical (unpaired) electrons. The highest BCUT2D eigenvalue weighted by Gasteiger charge is 2.35. The van der Waals surface area contributed by atoms with Crippen molar-refractivity contribution in [3.05, 3.63) is 47.5 Å². The van der Waals surface area contributed by atoms with Gasteiger partial charge in [0.05, 0.1) is 0 Å². The number of fused-ring (bicyclic) bond motifs is 2. The van der Waals surface area contributed by atoms with Crippen LogP contribution in [0, 0.1) is 29.4 Å². The van der Waals surface area contributed by atoms with E-state index in [9.17, 15) is 8.78 Å². The molecule has 2 unspecified atom stereocenters. The number of hydrogen-bond donors (Lipinski definition) is 0. The molecule has 158 valence electrons. The highest BCUT2D eigenvalue weighted by Crippen LogP contribution is 2.48. The van der Waals surface area contributed by atoms with Crippen molar-refractivity contribution in [1.29, 1.82) is 0 Å². The highest BCUT2D eigenvalue weighted by atomic mass is 19.2. The molecule has 0 N–H and O–H groups in total. The zero-order chi connectivity index (χ0) is 20.2. The summed E-state index contributed by atoms with van der Waals surface area (Å²) in [5.41, 5.74) is 1.32. The van der Waals surface area contributed by atoms with Crippen LogP contribution in [-0.2, 0) is 0 Å². The lowest BCUT2D eigenvalue weighted by atomic mass is 9.63. The molecule has 0 heterocycles. The van der Waals surface area contributed by atoms with Gasteiger partial charge in [0, 0.05) is 5.39 Å². The summed E-state index contributed by atoms with van der Waals surface area (Å²) in [5, 5.41) is 1.23. The third-order valence-corrected chi connectivity index (χ3v) is 7.84. The van der Waals surface area contributed by atoms with Gasteiger partial charge in [-0.15, -0.1) is 0 Å². The molecule has 2 aromatic carbocycles. The topological polar surface area (TPSA) is 0 Å². The molecule has 4 atom stereocenters. The van der Waals surface area contributed by atoms with Crippen LogP contribution in [0.1, 0.15) is 95.5 Å². The van der Waals surface area contributed by atoms with Crippen molar-refractivity contribution in [2.45, 2.75) is 89.9 Å². The first-order chi connectivity index (χ1) is 14.2. The SMILES string of the molecule is CCCCCCC[C@@H]1CC[C@@H]2CC(c3ccc4c(F)c(F)ccc4c3)CCC2C1. The average Bonchev–Trinajstić information content (AvgIpc) is 2.75. The summed E-state index contributed by atoms with van der Waals surface area (Å²) in [6, 6.07) is 8.89. The molecule has 0 bridgehead atoms. The second-order valence-electron chi connectivity index (χ2n) is 9.75. The van der Waals surface area contributed by atoms with Gasteiger partial charge in [0.15, 0.2) is 11.6 Å². The van der Waals surface area contributed by atoms with Crippen LogP contribution in [0.3, 0.4) is 0 Å². The van der Waals surface area contributed by atoms with Gasteiger partial charge in [-0.05, 0) is 72.8 Å². The van der Waals surface area contributed by atoms with E-state index in [4.69, 9.17) is 0 Å². The minimum atomic E-state index is -0.757. The van der Waals surface area contributed by atoms with Gasteiger partial charge in [-0.2, -0.15) is 0 Å². The maximum absolute atomic E-state index is 14.0. The van der Waals surface area contributed by atoms with E-state index < -0.39 is 11.6 Å². The van der Waals surface area contributed by atoms with Gasteiger partial charge in [-0.25, -0.2) is 8.78 Å². The molecule has 2 aromatic rings. The summed E-state index contributed by atoms with van der Waals surface area (Å²) in [6.45, 7) is 2.29. The molecule has 2 saturated carbocycles. The van der Waals surface area contributed by atoms with Crippen LogP contribution in [0.4, 0.5) is 8.78 Å². The normalized spacial score (nSPS) is 27.1. The summed E-state index contributed by atoms with van der Waals surface area (Å²) >= 11 is 0. The molecule has 4 rings (SSSR count). The molecule has 29 heavy (non-hydrogen) atoms. The van der Waals surface area contributed by atoms with Crippen LogP contribution in [0.5, 0.6) is 0 Å². The Morgan fingerprint density at radius 1 is 0.828 bits per heavy atom. The summed E-state index contributed by atoms with van der Waals surface area (Å²) in [4.78, 5) is 0. The van der Waals surface area contributed by atoms with Crippen LogP contribution in [-0.4, -0.2) is 0 Å². The van der Waals surface area contributed by atoms with Crippen LogP contribution >= 0.6 is 0 Å². The molecule has 0 amide bonds. The Balaban J connectivity index is 1.33. The Morgan fingerprint density at radius 3 is 2.48 bits per heavy atom. The Labute approximate surface area is 175 Å². The monoisotopic (exact) mass is 398 g/mol. The minimum Gasteiger partial charge on any atom is -0.204 e. The fraction of sp³-hybridized carbons (Fsp3) is 0.630. The first-order valence-corrected chi connectivity index (χ1v) is 12.0. The third-order valence-electron chi connectivity index (χ3n) is 7.84. The summed E-state index contributed by atoms with van der Waals surface area (Å²) in [5.74, 6) is 1.87. The molecule has 0 nitrogen and oxygen atoms in total. The lowest BCUT2D eigenvalue weighted by Gasteiger charge is -2.42. The number of unbranched alkanes of at least 4 members (excludes halogenated alkanes) is 4. The summed E-state index contributed by atoms with van der Waals surface area (Å²) in [7, 11) is 0. The van der Waals surface area contributed by atoms with Gasteiger partial charge in [0.25, 0.3) is 0 Å². The molecule has 0 aromatic heterocycles. The van der Waals surface area contributed by atoms with Crippen molar-refractivity contribution in [2.75, 3.05) is 0 Å². The maximum Gasteiger partial charge on any atom is 0.166 e. The van der Waals surface area contributed by atoms with Crippen molar-refractivity contribution in [3.8, 4) is 0 Å². The maximum atomic E-state index is 14.0. The molecule has 0 spiro atoms. The van der Waals surface area contributed by atoms with E-state index in [-0.39, 0.29) is 0 Å². The Morgan fingerprint density at radius 2 is 1.62 bits per heavy atom. The fourth-order valence-electron chi connectivity index (χ4n) is 6.13. The van der Waals surface area contributed by atoms with Crippen molar-refractivity contribution < 1.29 is 8.78 Å². The van der Waals surface area contributed by atoms with Gasteiger partial charge >= 0.3 is 0 Å². The number of benzene rings is 2. The van der Waals surface area contributed by atoms with Crippen molar-refractivity contribution in [3.63, 3.8) is 0 Å². The Hall–Kier alpha value is -1.44. The molecule has 2 fully saturated rings. The van der Waals surface area contributed by atoms with E-state index >= 15 is 0 Å². The van der Waals surface area contributed by atoms with Gasteiger partial charge in [-0.1, -0.05) is 76.1 Å². The lowest BCUT2D eigenvalue weighted by molar-refractivity contribution is 0.113. The quantitative estimate of drug-likeness (QED) is 0.409. The molecule has 0 saturated heterocycles. The second-order valence-corrected chi connectivity index (χ2v) is 9.75. The smallest absolute Gasteiger partial charge is 0.166 e. The van der Waals surface area contributed by atoms with Gasteiger partial charge in [0.1, 0.15) is 0 Å². The van der Waals surface area contributed by atoms with E-state index in [1.165, 1.54) is 88.7 Å². The van der Waals surface area contributed by atoms with Crippen LogP contribution in [0.15, 0.2) is 30.3 Å². The molecular formula is C27H36F2.